The Morgan fingerprint density at radius 1 is 1.13 bits per heavy atom. The van der Waals surface area contributed by atoms with Gasteiger partial charge in [0.05, 0.1) is 23.1 Å². The van der Waals surface area contributed by atoms with Gasteiger partial charge in [0.2, 0.25) is 5.91 Å². The summed E-state index contributed by atoms with van der Waals surface area (Å²) in [5.41, 5.74) is 0.782. The maximum absolute atomic E-state index is 14.5. The van der Waals surface area contributed by atoms with E-state index in [1.807, 2.05) is 33.8 Å². The first-order chi connectivity index (χ1) is 21.2. The average Bonchev–Trinajstić information content (AvgIpc) is 3.80. The van der Waals surface area contributed by atoms with Gasteiger partial charge in [-0.2, -0.15) is 0 Å². The van der Waals surface area contributed by atoms with Crippen molar-refractivity contribution in [1.29, 1.82) is 0 Å². The predicted molar refractivity (Wildman–Crippen MR) is 171 cm³/mol. The van der Waals surface area contributed by atoms with Crippen molar-refractivity contribution in [1.82, 2.24) is 20.5 Å². The van der Waals surface area contributed by atoms with Crippen molar-refractivity contribution in [3.05, 3.63) is 83.2 Å². The van der Waals surface area contributed by atoms with Crippen LogP contribution in [0.4, 0.5) is 8.78 Å². The summed E-state index contributed by atoms with van der Waals surface area (Å²) in [5, 5.41) is 16.7. The second-order valence-corrected chi connectivity index (χ2v) is 14.1. The van der Waals surface area contributed by atoms with Crippen LogP contribution in [0.5, 0.6) is 0 Å². The maximum atomic E-state index is 14.5. The molecule has 0 atom stereocenters. The summed E-state index contributed by atoms with van der Waals surface area (Å²) in [6.07, 6.45) is 9.20. The van der Waals surface area contributed by atoms with E-state index in [9.17, 15) is 23.5 Å². The van der Waals surface area contributed by atoms with Crippen molar-refractivity contribution in [2.75, 3.05) is 13.1 Å². The molecule has 0 radical (unpaired) electrons. The second-order valence-electron chi connectivity index (χ2n) is 14.1. The number of carbonyl (C=O) groups excluding carboxylic acids is 2. The van der Waals surface area contributed by atoms with E-state index in [1.54, 1.807) is 6.20 Å². The lowest BCUT2D eigenvalue weighted by Crippen LogP contribution is -2.73. The lowest BCUT2D eigenvalue weighted by atomic mass is 9.78. The summed E-state index contributed by atoms with van der Waals surface area (Å²) in [6.45, 7) is 12.6. The molecule has 2 aromatic rings. The highest BCUT2D eigenvalue weighted by atomic mass is 19.1. The van der Waals surface area contributed by atoms with Crippen molar-refractivity contribution < 1.29 is 23.5 Å². The summed E-state index contributed by atoms with van der Waals surface area (Å²) < 4.78 is 28.0. The van der Waals surface area contributed by atoms with Crippen LogP contribution in [0.25, 0.3) is 5.57 Å². The highest BCUT2D eigenvalue weighted by Gasteiger charge is 2.49. The van der Waals surface area contributed by atoms with Crippen LogP contribution in [-0.2, 0) is 15.1 Å². The number of hydrogen-bond acceptors (Lipinski definition) is 5. The Labute approximate surface area is 265 Å². The van der Waals surface area contributed by atoms with E-state index in [0.29, 0.717) is 43.8 Å². The number of aliphatic hydroxyl groups is 1. The van der Waals surface area contributed by atoms with Crippen LogP contribution >= 0.6 is 0 Å². The van der Waals surface area contributed by atoms with Gasteiger partial charge < -0.3 is 15.7 Å². The third-order valence-electron chi connectivity index (χ3n) is 9.69. The van der Waals surface area contributed by atoms with Gasteiger partial charge in [0.1, 0.15) is 11.6 Å². The zero-order chi connectivity index (χ0) is 32.6. The molecule has 3 aliphatic rings. The van der Waals surface area contributed by atoms with Gasteiger partial charge in [-0.05, 0) is 107 Å². The molecular weight excluding hydrogens is 574 g/mol. The molecule has 2 heterocycles. The molecule has 1 saturated heterocycles. The summed E-state index contributed by atoms with van der Waals surface area (Å²) in [6, 6.07) is 7.64. The first-order valence-corrected chi connectivity index (χ1v) is 16.1. The Kier molecular flexibility index (Phi) is 9.34. The van der Waals surface area contributed by atoms with Crippen molar-refractivity contribution >= 4 is 17.4 Å². The summed E-state index contributed by atoms with van der Waals surface area (Å²) in [4.78, 5) is 34.0. The van der Waals surface area contributed by atoms with E-state index in [4.69, 9.17) is 0 Å². The van der Waals surface area contributed by atoms with E-state index in [2.05, 4.69) is 33.2 Å². The molecule has 1 aromatic carbocycles. The molecule has 9 heteroatoms. The number of hydrogen-bond donors (Lipinski definition) is 3. The molecule has 2 saturated carbocycles. The third-order valence-corrected chi connectivity index (χ3v) is 9.69. The smallest absolute Gasteiger partial charge is 0.251 e. The van der Waals surface area contributed by atoms with Gasteiger partial charge in [0.15, 0.2) is 0 Å². The standard InChI is InChI=1S/C36H46F2N4O3/c1-6-24(29-10-9-27(37)19-30(29)38)17-23(2)33(44)41-36(21-42(22-36)28-11-14-35(5,45)15-12-28)20-32(43)40-34(3,4)26-13-16-39-31(18-26)25-7-8-25/h9-10,13,16-19,25,28,45H,2,6-8,11-12,14-15,20-22H2,1,3-5H3,(H,40,43)(H,41,44)/b24-17+. The first kappa shape index (κ1) is 32.9. The highest BCUT2D eigenvalue weighted by molar-refractivity contribution is 5.98. The number of nitrogens with zero attached hydrogens (tertiary/aromatic N) is 2. The first-order valence-electron chi connectivity index (χ1n) is 16.1. The number of benzene rings is 1. The van der Waals surface area contributed by atoms with E-state index in [0.717, 1.165) is 43.0 Å². The lowest BCUT2D eigenvalue weighted by molar-refractivity contribution is -0.131. The number of halogens is 2. The van der Waals surface area contributed by atoms with Gasteiger partial charge in [-0.25, -0.2) is 8.78 Å². The van der Waals surface area contributed by atoms with Crippen molar-refractivity contribution in [3.63, 3.8) is 0 Å². The molecule has 0 bridgehead atoms. The van der Waals surface area contributed by atoms with E-state index in [-0.39, 0.29) is 29.5 Å². The fraction of sp³-hybridized carbons (Fsp3) is 0.528. The monoisotopic (exact) mass is 620 g/mol. The van der Waals surface area contributed by atoms with Gasteiger partial charge in [-0.15, -0.1) is 0 Å². The number of aromatic nitrogens is 1. The molecule has 7 nitrogen and oxygen atoms in total. The second kappa shape index (κ2) is 12.8. The number of likely N-dealkylation sites (tertiary alicyclic amines) is 1. The Hall–Kier alpha value is -3.43. The summed E-state index contributed by atoms with van der Waals surface area (Å²) in [5.74, 6) is -1.50. The molecule has 5 rings (SSSR count). The molecule has 2 aliphatic carbocycles. The van der Waals surface area contributed by atoms with E-state index >= 15 is 0 Å². The lowest BCUT2D eigenvalue weighted by Gasteiger charge is -2.55. The number of allylic oxidation sites excluding steroid dienone is 1. The summed E-state index contributed by atoms with van der Waals surface area (Å²) in [7, 11) is 0. The minimum Gasteiger partial charge on any atom is -0.390 e. The van der Waals surface area contributed by atoms with E-state index < -0.39 is 34.2 Å². The van der Waals surface area contributed by atoms with Gasteiger partial charge in [-0.1, -0.05) is 13.5 Å². The molecule has 242 valence electrons. The minimum absolute atomic E-state index is 0.0773. The van der Waals surface area contributed by atoms with Crippen LogP contribution in [0.3, 0.4) is 0 Å². The number of carbonyl (C=O) groups is 2. The summed E-state index contributed by atoms with van der Waals surface area (Å²) >= 11 is 0. The molecule has 45 heavy (non-hydrogen) atoms. The Bertz CT molecular complexity index is 1480. The van der Waals surface area contributed by atoms with Crippen molar-refractivity contribution in [2.24, 2.45) is 0 Å². The van der Waals surface area contributed by atoms with Crippen LogP contribution < -0.4 is 10.6 Å². The maximum Gasteiger partial charge on any atom is 0.251 e. The normalized spacial score (nSPS) is 23.6. The Morgan fingerprint density at radius 2 is 1.82 bits per heavy atom. The zero-order valence-corrected chi connectivity index (χ0v) is 26.9. The van der Waals surface area contributed by atoms with Crippen molar-refractivity contribution in [2.45, 2.75) is 108 Å². The molecule has 3 N–H and O–H groups in total. The fourth-order valence-corrected chi connectivity index (χ4v) is 6.74. The molecule has 3 fully saturated rings. The largest absolute Gasteiger partial charge is 0.390 e. The van der Waals surface area contributed by atoms with E-state index in [1.165, 1.54) is 18.2 Å². The van der Waals surface area contributed by atoms with Gasteiger partial charge in [-0.3, -0.25) is 19.5 Å². The highest BCUT2D eigenvalue weighted by Crippen LogP contribution is 2.40. The number of pyridine rings is 1. The molecular formula is C36H46F2N4O3. The van der Waals surface area contributed by atoms with Crippen LogP contribution in [0, 0.1) is 11.6 Å². The molecule has 0 unspecified atom stereocenters. The predicted octanol–water partition coefficient (Wildman–Crippen LogP) is 5.89. The number of nitrogens with one attached hydrogen (secondary N) is 2. The van der Waals surface area contributed by atoms with Gasteiger partial charge in [0, 0.05) is 54.1 Å². The number of rotatable bonds is 11. The topological polar surface area (TPSA) is 94.6 Å². The molecule has 2 amide bonds. The van der Waals surface area contributed by atoms with Crippen LogP contribution in [0.15, 0.2) is 54.8 Å². The van der Waals surface area contributed by atoms with Crippen LogP contribution in [-0.4, -0.2) is 57.1 Å². The Balaban J connectivity index is 1.31. The molecule has 0 spiro atoms. The van der Waals surface area contributed by atoms with Gasteiger partial charge >= 0.3 is 0 Å². The fourth-order valence-electron chi connectivity index (χ4n) is 6.74. The Morgan fingerprint density at radius 3 is 2.44 bits per heavy atom. The minimum atomic E-state index is -0.821. The van der Waals surface area contributed by atoms with Crippen molar-refractivity contribution in [3.8, 4) is 0 Å². The average molecular weight is 621 g/mol. The number of amides is 2. The third kappa shape index (κ3) is 7.87. The SMILES string of the molecule is C=C(/C=C(\CC)c1ccc(F)cc1F)C(=O)NC1(CC(=O)NC(C)(C)c2ccnc(C3CC3)c2)CN(C2CCC(C)(O)CC2)C1. The molecule has 1 aromatic heterocycles. The van der Waals surface area contributed by atoms with Crippen LogP contribution in [0.2, 0.25) is 0 Å². The molecule has 1 aliphatic heterocycles. The van der Waals surface area contributed by atoms with Crippen LogP contribution in [0.1, 0.15) is 102 Å². The van der Waals surface area contributed by atoms with Gasteiger partial charge in [0.25, 0.3) is 5.91 Å². The quantitative estimate of drug-likeness (QED) is 0.215. The zero-order valence-electron chi connectivity index (χ0n) is 26.9.